The topological polar surface area (TPSA) is 41.6 Å². The van der Waals surface area contributed by atoms with Gasteiger partial charge in [-0.2, -0.15) is 25.3 Å². The molecule has 0 aliphatic carbocycles. The highest BCUT2D eigenvalue weighted by Gasteiger charge is 2.12. The Bertz CT molecular complexity index is 216. The van der Waals surface area contributed by atoms with E-state index in [1.54, 1.807) is 0 Å². The fraction of sp³-hybridized carbons (Fsp3) is 0.625. The van der Waals surface area contributed by atoms with Gasteiger partial charge >= 0.3 is 6.09 Å². The number of nitrogens with one attached hydrogen (secondary N) is 1. The van der Waals surface area contributed by atoms with E-state index in [4.69, 9.17) is 11.2 Å². The normalized spacial score (nSPS) is 9.64. The van der Waals surface area contributed by atoms with Crippen LogP contribution in [0.5, 0.6) is 0 Å². The van der Waals surface area contributed by atoms with E-state index in [-0.39, 0.29) is 11.2 Å². The van der Waals surface area contributed by atoms with Crippen LogP contribution in [0.4, 0.5) is 4.79 Å². The van der Waals surface area contributed by atoms with Crippen LogP contribution in [0.1, 0.15) is 6.92 Å². The van der Waals surface area contributed by atoms with Crippen LogP contribution < -0.4 is 5.43 Å². The summed E-state index contributed by atoms with van der Waals surface area (Å²) < 4.78 is 4.58. The molecule has 0 aliphatic rings. The Labute approximate surface area is 95.2 Å². The Morgan fingerprint density at radius 2 is 2.36 bits per heavy atom. The zero-order valence-electron chi connectivity index (χ0n) is 7.93. The van der Waals surface area contributed by atoms with Crippen LogP contribution in [0, 0.1) is 12.3 Å². The molecular weight excluding hydrogens is 220 g/mol. The van der Waals surface area contributed by atoms with Gasteiger partial charge in [0, 0.05) is 13.1 Å². The Kier molecular flexibility index (Phi) is 7.57. The second-order valence-electron chi connectivity index (χ2n) is 2.35. The third kappa shape index (κ3) is 6.02. The van der Waals surface area contributed by atoms with Crippen LogP contribution in [0.15, 0.2) is 0 Å². The SMILES string of the molecule is C#CCOC(=O)N(CC)NCC(S)S. The molecule has 0 spiro atoms. The summed E-state index contributed by atoms with van der Waals surface area (Å²) >= 11 is 8.08. The van der Waals surface area contributed by atoms with Crippen molar-refractivity contribution in [2.24, 2.45) is 0 Å². The van der Waals surface area contributed by atoms with Gasteiger partial charge < -0.3 is 4.74 Å². The first-order chi connectivity index (χ1) is 6.61. The molecule has 1 amide bonds. The van der Waals surface area contributed by atoms with Crippen molar-refractivity contribution in [2.45, 2.75) is 11.5 Å². The first-order valence-corrected chi connectivity index (χ1v) is 5.12. The van der Waals surface area contributed by atoms with Crippen molar-refractivity contribution in [3.63, 3.8) is 0 Å². The number of carbonyl (C=O) groups is 1. The van der Waals surface area contributed by atoms with Gasteiger partial charge in [-0.15, -0.1) is 6.42 Å². The van der Waals surface area contributed by atoms with E-state index in [0.717, 1.165) is 0 Å². The number of hydrogen-bond acceptors (Lipinski definition) is 5. The van der Waals surface area contributed by atoms with E-state index in [1.807, 2.05) is 6.92 Å². The highest BCUT2D eigenvalue weighted by Crippen LogP contribution is 1.98. The minimum absolute atomic E-state index is 0.0256. The van der Waals surface area contributed by atoms with Gasteiger partial charge in [-0.25, -0.2) is 15.2 Å². The highest BCUT2D eigenvalue weighted by molar-refractivity contribution is 7.99. The third-order valence-corrected chi connectivity index (χ3v) is 1.65. The molecule has 0 fully saturated rings. The average Bonchev–Trinajstić information content (AvgIpc) is 2.15. The van der Waals surface area contributed by atoms with E-state index in [0.29, 0.717) is 13.1 Å². The molecule has 0 heterocycles. The minimum Gasteiger partial charge on any atom is -0.435 e. The molecule has 0 aliphatic heterocycles. The summed E-state index contributed by atoms with van der Waals surface area (Å²) in [6, 6.07) is 0. The smallest absolute Gasteiger partial charge is 0.425 e. The lowest BCUT2D eigenvalue weighted by Gasteiger charge is -2.21. The van der Waals surface area contributed by atoms with E-state index in [1.165, 1.54) is 5.01 Å². The number of terminal acetylenes is 1. The van der Waals surface area contributed by atoms with Gasteiger partial charge in [-0.05, 0) is 6.92 Å². The Morgan fingerprint density at radius 3 is 2.79 bits per heavy atom. The molecule has 0 unspecified atom stereocenters. The quantitative estimate of drug-likeness (QED) is 0.285. The van der Waals surface area contributed by atoms with Crippen molar-refractivity contribution in [2.75, 3.05) is 19.7 Å². The number of ether oxygens (including phenoxy) is 1. The molecule has 1 N–H and O–H groups in total. The second-order valence-corrected chi connectivity index (χ2v) is 4.00. The maximum Gasteiger partial charge on any atom is 0.425 e. The molecule has 4 nitrogen and oxygen atoms in total. The average molecular weight is 234 g/mol. The Balaban J connectivity index is 3.88. The molecular formula is C8H14N2O2S2. The van der Waals surface area contributed by atoms with Crippen LogP contribution in [-0.4, -0.2) is 35.4 Å². The van der Waals surface area contributed by atoms with Gasteiger partial charge in [-0.3, -0.25) is 0 Å². The van der Waals surface area contributed by atoms with E-state index < -0.39 is 6.09 Å². The molecule has 0 aromatic carbocycles. The number of thiol groups is 2. The predicted molar refractivity (Wildman–Crippen MR) is 62.3 cm³/mol. The standard InChI is InChI=1S/C8H14N2O2S2/c1-3-5-12-8(11)10(4-2)9-6-7(13)14/h1,7,9,13-14H,4-6H2,2H3. The predicted octanol–water partition coefficient (Wildman–Crippen LogP) is 0.768. The number of hydrogen-bond donors (Lipinski definition) is 3. The molecule has 0 bridgehead atoms. The van der Waals surface area contributed by atoms with Gasteiger partial charge in [0.1, 0.15) is 0 Å². The monoisotopic (exact) mass is 234 g/mol. The summed E-state index contributed by atoms with van der Waals surface area (Å²) in [6.45, 7) is 2.74. The molecule has 0 rings (SSSR count). The number of amides is 1. The summed E-state index contributed by atoms with van der Waals surface area (Å²) in [6.07, 6.45) is 4.46. The van der Waals surface area contributed by atoms with Crippen molar-refractivity contribution in [1.29, 1.82) is 0 Å². The van der Waals surface area contributed by atoms with Crippen molar-refractivity contribution in [3.05, 3.63) is 0 Å². The molecule has 0 aromatic heterocycles. The molecule has 0 aromatic rings. The van der Waals surface area contributed by atoms with Crippen molar-refractivity contribution < 1.29 is 9.53 Å². The van der Waals surface area contributed by atoms with Crippen molar-refractivity contribution in [1.82, 2.24) is 10.4 Å². The summed E-state index contributed by atoms with van der Waals surface area (Å²) in [5.41, 5.74) is 2.81. The van der Waals surface area contributed by atoms with Gasteiger partial charge in [0.25, 0.3) is 0 Å². The molecule has 0 atom stereocenters. The number of carbonyl (C=O) groups excluding carboxylic acids is 1. The molecule has 0 saturated carbocycles. The maximum absolute atomic E-state index is 11.2. The lowest BCUT2D eigenvalue weighted by molar-refractivity contribution is 0.0961. The van der Waals surface area contributed by atoms with E-state index >= 15 is 0 Å². The van der Waals surface area contributed by atoms with Crippen LogP contribution in [0.3, 0.4) is 0 Å². The summed E-state index contributed by atoms with van der Waals surface area (Å²) in [5.74, 6) is 2.21. The zero-order valence-corrected chi connectivity index (χ0v) is 9.72. The molecule has 0 saturated heterocycles. The van der Waals surface area contributed by atoms with Crippen molar-refractivity contribution in [3.8, 4) is 12.3 Å². The van der Waals surface area contributed by atoms with Gasteiger partial charge in [0.2, 0.25) is 0 Å². The van der Waals surface area contributed by atoms with Crippen LogP contribution in [-0.2, 0) is 4.74 Å². The largest absolute Gasteiger partial charge is 0.435 e. The molecule has 80 valence electrons. The van der Waals surface area contributed by atoms with E-state index in [2.05, 4.69) is 36.6 Å². The first kappa shape index (κ1) is 13.5. The fourth-order valence-corrected chi connectivity index (χ4v) is 0.842. The van der Waals surface area contributed by atoms with Crippen LogP contribution >= 0.6 is 25.3 Å². The van der Waals surface area contributed by atoms with Gasteiger partial charge in [0.05, 0.1) is 4.58 Å². The van der Waals surface area contributed by atoms with Crippen LogP contribution in [0.25, 0.3) is 0 Å². The highest BCUT2D eigenvalue weighted by atomic mass is 32.2. The second kappa shape index (κ2) is 7.85. The van der Waals surface area contributed by atoms with Gasteiger partial charge in [0.15, 0.2) is 6.61 Å². The Hall–Kier alpha value is -0.510. The van der Waals surface area contributed by atoms with Gasteiger partial charge in [-0.1, -0.05) is 5.92 Å². The third-order valence-electron chi connectivity index (χ3n) is 1.28. The van der Waals surface area contributed by atoms with E-state index in [9.17, 15) is 4.79 Å². The fourth-order valence-electron chi connectivity index (χ4n) is 0.679. The Morgan fingerprint density at radius 1 is 1.71 bits per heavy atom. The number of rotatable bonds is 5. The molecule has 14 heavy (non-hydrogen) atoms. The first-order valence-electron chi connectivity index (χ1n) is 4.09. The lowest BCUT2D eigenvalue weighted by atomic mass is 10.7. The van der Waals surface area contributed by atoms with Crippen LogP contribution in [0.2, 0.25) is 0 Å². The number of nitrogens with zero attached hydrogens (tertiary/aromatic N) is 1. The molecule has 0 radical (unpaired) electrons. The number of hydrazine groups is 1. The lowest BCUT2D eigenvalue weighted by Crippen LogP contribution is -2.44. The maximum atomic E-state index is 11.2. The summed E-state index contributed by atoms with van der Waals surface area (Å²) in [5, 5.41) is 1.32. The zero-order chi connectivity index (χ0) is 11.0. The summed E-state index contributed by atoms with van der Waals surface area (Å²) in [7, 11) is 0. The molecule has 6 heteroatoms. The minimum atomic E-state index is -0.493. The van der Waals surface area contributed by atoms with Crippen molar-refractivity contribution >= 4 is 31.4 Å². The summed E-state index contributed by atoms with van der Waals surface area (Å²) in [4.78, 5) is 11.2.